The standard InChI is InChI=1S/C14H26N2O4/c1-9(2)15-6-10-7-16(8-11(10)12(17)18)13(19)20-14(3,4)5/h9-11,15H,6-8H2,1-5H3,(H,17,18)/t10-,11-/m1/s1. The lowest BCUT2D eigenvalue weighted by molar-refractivity contribution is -0.142. The zero-order chi connectivity index (χ0) is 15.5. The van der Waals surface area contributed by atoms with E-state index in [-0.39, 0.29) is 12.5 Å². The first-order chi connectivity index (χ1) is 9.10. The third-order valence-corrected chi connectivity index (χ3v) is 3.20. The predicted molar refractivity (Wildman–Crippen MR) is 75.6 cm³/mol. The summed E-state index contributed by atoms with van der Waals surface area (Å²) in [6.07, 6.45) is -0.434. The van der Waals surface area contributed by atoms with Crippen molar-refractivity contribution in [2.45, 2.75) is 46.3 Å². The lowest BCUT2D eigenvalue weighted by Gasteiger charge is -2.24. The SMILES string of the molecule is CC(C)NC[C@@H]1CN(C(=O)OC(C)(C)C)C[C@H]1C(=O)O. The first kappa shape index (κ1) is 16.8. The highest BCUT2D eigenvalue weighted by Crippen LogP contribution is 2.25. The Bertz CT molecular complexity index is 363. The number of nitrogens with one attached hydrogen (secondary N) is 1. The second-order valence-electron chi connectivity index (χ2n) is 6.65. The number of aliphatic carboxylic acids is 1. The van der Waals surface area contributed by atoms with Gasteiger partial charge in [-0.15, -0.1) is 0 Å². The smallest absolute Gasteiger partial charge is 0.410 e. The average Bonchev–Trinajstić information content (AvgIpc) is 2.67. The molecule has 1 rings (SSSR count). The number of amides is 1. The van der Waals surface area contributed by atoms with E-state index < -0.39 is 23.6 Å². The zero-order valence-corrected chi connectivity index (χ0v) is 13.0. The Balaban J connectivity index is 2.65. The number of carbonyl (C=O) groups is 2. The Morgan fingerprint density at radius 1 is 1.35 bits per heavy atom. The number of carboxylic acid groups (broad SMARTS) is 1. The molecule has 0 aromatic rings. The van der Waals surface area contributed by atoms with Gasteiger partial charge in [-0.2, -0.15) is 0 Å². The molecule has 2 atom stereocenters. The predicted octanol–water partition coefficient (Wildman–Crippen LogP) is 1.55. The largest absolute Gasteiger partial charge is 0.481 e. The molecule has 0 aliphatic carbocycles. The summed E-state index contributed by atoms with van der Waals surface area (Å²) in [5.41, 5.74) is -0.565. The van der Waals surface area contributed by atoms with Gasteiger partial charge in [0.25, 0.3) is 0 Å². The average molecular weight is 286 g/mol. The van der Waals surface area contributed by atoms with Crippen LogP contribution in [-0.4, -0.2) is 53.3 Å². The zero-order valence-electron chi connectivity index (χ0n) is 13.0. The molecule has 0 spiro atoms. The van der Waals surface area contributed by atoms with Crippen LogP contribution in [0.2, 0.25) is 0 Å². The summed E-state index contributed by atoms with van der Waals surface area (Å²) in [5, 5.41) is 12.5. The highest BCUT2D eigenvalue weighted by atomic mass is 16.6. The van der Waals surface area contributed by atoms with Crippen molar-refractivity contribution in [3.05, 3.63) is 0 Å². The van der Waals surface area contributed by atoms with Crippen LogP contribution in [-0.2, 0) is 9.53 Å². The Kier molecular flexibility index (Phi) is 5.39. The van der Waals surface area contributed by atoms with Gasteiger partial charge in [0.1, 0.15) is 5.60 Å². The highest BCUT2D eigenvalue weighted by molar-refractivity contribution is 5.74. The third-order valence-electron chi connectivity index (χ3n) is 3.20. The summed E-state index contributed by atoms with van der Waals surface area (Å²) in [6.45, 7) is 10.6. The van der Waals surface area contributed by atoms with Gasteiger partial charge in [0.2, 0.25) is 0 Å². The Hall–Kier alpha value is -1.30. The van der Waals surface area contributed by atoms with Crippen LogP contribution in [0, 0.1) is 11.8 Å². The molecule has 6 nitrogen and oxygen atoms in total. The van der Waals surface area contributed by atoms with Crippen molar-refractivity contribution in [2.75, 3.05) is 19.6 Å². The van der Waals surface area contributed by atoms with Crippen LogP contribution < -0.4 is 5.32 Å². The molecule has 1 saturated heterocycles. The summed E-state index contributed by atoms with van der Waals surface area (Å²) in [5.74, 6) is -1.47. The monoisotopic (exact) mass is 286 g/mol. The number of ether oxygens (including phenoxy) is 1. The summed E-state index contributed by atoms with van der Waals surface area (Å²) in [6, 6.07) is 0.292. The molecular formula is C14H26N2O4. The van der Waals surface area contributed by atoms with Gasteiger partial charge >= 0.3 is 12.1 Å². The lowest BCUT2D eigenvalue weighted by Crippen LogP contribution is -2.36. The molecular weight excluding hydrogens is 260 g/mol. The molecule has 0 aromatic carbocycles. The summed E-state index contributed by atoms with van der Waals surface area (Å²) in [4.78, 5) is 24.8. The van der Waals surface area contributed by atoms with Crippen LogP contribution in [0.3, 0.4) is 0 Å². The molecule has 0 aromatic heterocycles. The maximum absolute atomic E-state index is 12.0. The quantitative estimate of drug-likeness (QED) is 0.820. The fourth-order valence-electron chi connectivity index (χ4n) is 2.22. The minimum Gasteiger partial charge on any atom is -0.481 e. The van der Waals surface area contributed by atoms with E-state index in [9.17, 15) is 14.7 Å². The molecule has 0 radical (unpaired) electrons. The molecule has 6 heteroatoms. The van der Waals surface area contributed by atoms with Gasteiger partial charge in [-0.25, -0.2) is 4.79 Å². The molecule has 0 unspecified atom stereocenters. The third kappa shape index (κ3) is 5.00. The van der Waals surface area contributed by atoms with Gasteiger partial charge in [0.05, 0.1) is 5.92 Å². The van der Waals surface area contributed by atoms with Crippen LogP contribution >= 0.6 is 0 Å². The van der Waals surface area contributed by atoms with Crippen LogP contribution in [0.25, 0.3) is 0 Å². The van der Waals surface area contributed by atoms with Gasteiger partial charge < -0.3 is 20.1 Å². The maximum atomic E-state index is 12.0. The van der Waals surface area contributed by atoms with E-state index in [0.29, 0.717) is 19.1 Å². The first-order valence-electron chi connectivity index (χ1n) is 7.04. The van der Waals surface area contributed by atoms with Crippen LogP contribution in [0.15, 0.2) is 0 Å². The van der Waals surface area contributed by atoms with E-state index in [1.54, 1.807) is 20.8 Å². The van der Waals surface area contributed by atoms with E-state index >= 15 is 0 Å². The van der Waals surface area contributed by atoms with Crippen LogP contribution in [0.5, 0.6) is 0 Å². The van der Waals surface area contributed by atoms with Crippen molar-refractivity contribution in [3.63, 3.8) is 0 Å². The Labute approximate surface area is 120 Å². The Morgan fingerprint density at radius 2 is 1.95 bits per heavy atom. The van der Waals surface area contributed by atoms with E-state index in [1.165, 1.54) is 4.90 Å². The van der Waals surface area contributed by atoms with Crippen molar-refractivity contribution < 1.29 is 19.4 Å². The van der Waals surface area contributed by atoms with Crippen molar-refractivity contribution in [1.29, 1.82) is 0 Å². The second kappa shape index (κ2) is 6.43. The molecule has 20 heavy (non-hydrogen) atoms. The van der Waals surface area contributed by atoms with Crippen molar-refractivity contribution in [2.24, 2.45) is 11.8 Å². The lowest BCUT2D eigenvalue weighted by atomic mass is 9.96. The fourth-order valence-corrected chi connectivity index (χ4v) is 2.22. The number of rotatable bonds is 4. The number of carboxylic acids is 1. The van der Waals surface area contributed by atoms with E-state index in [0.717, 1.165) is 0 Å². The van der Waals surface area contributed by atoms with Crippen molar-refractivity contribution in [1.82, 2.24) is 10.2 Å². The van der Waals surface area contributed by atoms with Gasteiger partial charge in [0, 0.05) is 31.6 Å². The van der Waals surface area contributed by atoms with E-state index in [2.05, 4.69) is 5.32 Å². The molecule has 116 valence electrons. The Morgan fingerprint density at radius 3 is 2.40 bits per heavy atom. The van der Waals surface area contributed by atoms with Crippen molar-refractivity contribution >= 4 is 12.1 Å². The number of nitrogens with zero attached hydrogens (tertiary/aromatic N) is 1. The minimum absolute atomic E-state index is 0.0811. The molecule has 2 N–H and O–H groups in total. The molecule has 1 amide bonds. The normalized spacial score (nSPS) is 23.2. The minimum atomic E-state index is -0.855. The molecule has 0 saturated carbocycles. The number of hydrogen-bond acceptors (Lipinski definition) is 4. The number of likely N-dealkylation sites (tertiary alicyclic amines) is 1. The molecule has 0 bridgehead atoms. The van der Waals surface area contributed by atoms with Crippen molar-refractivity contribution in [3.8, 4) is 0 Å². The first-order valence-corrected chi connectivity index (χ1v) is 7.04. The topological polar surface area (TPSA) is 78.9 Å². The number of hydrogen-bond donors (Lipinski definition) is 2. The van der Waals surface area contributed by atoms with E-state index in [4.69, 9.17) is 4.74 Å². The van der Waals surface area contributed by atoms with Crippen LogP contribution in [0.4, 0.5) is 4.79 Å². The summed E-state index contributed by atoms with van der Waals surface area (Å²) in [7, 11) is 0. The second-order valence-corrected chi connectivity index (χ2v) is 6.65. The van der Waals surface area contributed by atoms with Gasteiger partial charge in [-0.1, -0.05) is 13.8 Å². The molecule has 1 aliphatic rings. The molecule has 1 aliphatic heterocycles. The fraction of sp³-hybridized carbons (Fsp3) is 0.857. The van der Waals surface area contributed by atoms with E-state index in [1.807, 2.05) is 13.8 Å². The number of carbonyl (C=O) groups excluding carboxylic acids is 1. The molecule has 1 heterocycles. The maximum Gasteiger partial charge on any atom is 0.410 e. The van der Waals surface area contributed by atoms with Gasteiger partial charge in [-0.3, -0.25) is 4.79 Å². The van der Waals surface area contributed by atoms with Gasteiger partial charge in [0.15, 0.2) is 0 Å². The summed E-state index contributed by atoms with van der Waals surface area (Å²) >= 11 is 0. The highest BCUT2D eigenvalue weighted by Gasteiger charge is 2.40. The van der Waals surface area contributed by atoms with Gasteiger partial charge in [-0.05, 0) is 20.8 Å². The summed E-state index contributed by atoms with van der Waals surface area (Å²) < 4.78 is 5.30. The molecule has 1 fully saturated rings. The van der Waals surface area contributed by atoms with Crippen LogP contribution in [0.1, 0.15) is 34.6 Å².